The van der Waals surface area contributed by atoms with Gasteiger partial charge in [-0.1, -0.05) is 29.3 Å². The molecular formula is C8H8Cl2N2. The zero-order chi connectivity index (χ0) is 8.97. The van der Waals surface area contributed by atoms with Crippen LogP contribution < -0.4 is 5.43 Å². The van der Waals surface area contributed by atoms with E-state index in [9.17, 15) is 0 Å². The second-order valence-corrected chi connectivity index (χ2v) is 2.99. The third kappa shape index (κ3) is 2.40. The van der Waals surface area contributed by atoms with Gasteiger partial charge in [-0.2, -0.15) is 5.10 Å². The molecule has 12 heavy (non-hydrogen) atoms. The molecule has 0 aliphatic heterocycles. The molecule has 0 unspecified atom stereocenters. The van der Waals surface area contributed by atoms with Gasteiger partial charge < -0.3 is 5.43 Å². The predicted octanol–water partition coefficient (Wildman–Crippen LogP) is 2.55. The van der Waals surface area contributed by atoms with Crippen molar-refractivity contribution < 1.29 is 0 Å². The summed E-state index contributed by atoms with van der Waals surface area (Å²) in [5, 5.41) is 5.06. The first-order chi connectivity index (χ1) is 5.74. The van der Waals surface area contributed by atoms with Gasteiger partial charge in [-0.15, -0.1) is 0 Å². The molecule has 1 N–H and O–H groups in total. The molecule has 0 amide bonds. The third-order valence-corrected chi connectivity index (χ3v) is 1.86. The Hall–Kier alpha value is -0.730. The van der Waals surface area contributed by atoms with Crippen LogP contribution in [0.2, 0.25) is 10.0 Å². The number of hydrogen-bond acceptors (Lipinski definition) is 2. The molecule has 0 saturated carbocycles. The van der Waals surface area contributed by atoms with Gasteiger partial charge in [0.15, 0.2) is 0 Å². The molecule has 0 atom stereocenters. The van der Waals surface area contributed by atoms with E-state index >= 15 is 0 Å². The summed E-state index contributed by atoms with van der Waals surface area (Å²) in [6.07, 6.45) is 1.64. The highest BCUT2D eigenvalue weighted by Crippen LogP contribution is 2.19. The summed E-state index contributed by atoms with van der Waals surface area (Å²) in [5.74, 6) is 0. The van der Waals surface area contributed by atoms with Gasteiger partial charge >= 0.3 is 0 Å². The molecule has 0 aromatic heterocycles. The molecule has 0 heterocycles. The van der Waals surface area contributed by atoms with Gasteiger partial charge in [0.1, 0.15) is 0 Å². The standard InChI is InChI=1S/C8H8Cl2N2/c1-11-12-5-6-2-3-7(9)4-8(6)10/h2-5,11H,1H3/b12-5+. The summed E-state index contributed by atoms with van der Waals surface area (Å²) < 4.78 is 0. The van der Waals surface area contributed by atoms with Crippen LogP contribution in [0.1, 0.15) is 5.56 Å². The average molecular weight is 203 g/mol. The summed E-state index contributed by atoms with van der Waals surface area (Å²) in [4.78, 5) is 0. The molecule has 0 fully saturated rings. The van der Waals surface area contributed by atoms with Crippen LogP contribution in [0.3, 0.4) is 0 Å². The molecule has 0 aliphatic rings. The Morgan fingerprint density at radius 1 is 1.42 bits per heavy atom. The lowest BCUT2D eigenvalue weighted by Gasteiger charge is -1.97. The molecule has 64 valence electrons. The van der Waals surface area contributed by atoms with Gasteiger partial charge in [-0.05, 0) is 12.1 Å². The lowest BCUT2D eigenvalue weighted by Crippen LogP contribution is -1.94. The van der Waals surface area contributed by atoms with Crippen molar-refractivity contribution in [2.75, 3.05) is 7.05 Å². The molecule has 0 radical (unpaired) electrons. The van der Waals surface area contributed by atoms with Crippen molar-refractivity contribution in [3.05, 3.63) is 33.8 Å². The molecule has 1 aromatic rings. The molecule has 0 spiro atoms. The van der Waals surface area contributed by atoms with Gasteiger partial charge in [-0.3, -0.25) is 0 Å². The van der Waals surface area contributed by atoms with Crippen molar-refractivity contribution >= 4 is 29.4 Å². The fraction of sp³-hybridized carbons (Fsp3) is 0.125. The predicted molar refractivity (Wildman–Crippen MR) is 53.1 cm³/mol. The summed E-state index contributed by atoms with van der Waals surface area (Å²) >= 11 is 11.6. The van der Waals surface area contributed by atoms with E-state index in [-0.39, 0.29) is 0 Å². The van der Waals surface area contributed by atoms with Crippen molar-refractivity contribution in [3.63, 3.8) is 0 Å². The number of nitrogens with one attached hydrogen (secondary N) is 1. The van der Waals surface area contributed by atoms with Crippen LogP contribution in [-0.2, 0) is 0 Å². The first-order valence-electron chi connectivity index (χ1n) is 3.39. The smallest absolute Gasteiger partial charge is 0.0555 e. The number of nitrogens with zero attached hydrogens (tertiary/aromatic N) is 1. The van der Waals surface area contributed by atoms with Crippen molar-refractivity contribution in [1.29, 1.82) is 0 Å². The molecule has 0 aliphatic carbocycles. The zero-order valence-electron chi connectivity index (χ0n) is 6.51. The molecule has 1 aromatic carbocycles. The maximum atomic E-state index is 5.86. The number of rotatable bonds is 2. The van der Waals surface area contributed by atoms with E-state index in [1.165, 1.54) is 0 Å². The Bertz CT molecular complexity index is 297. The molecular weight excluding hydrogens is 195 g/mol. The van der Waals surface area contributed by atoms with E-state index < -0.39 is 0 Å². The molecule has 0 bridgehead atoms. The highest BCUT2D eigenvalue weighted by molar-refractivity contribution is 6.36. The SMILES string of the molecule is CN/N=C/c1ccc(Cl)cc1Cl. The van der Waals surface area contributed by atoms with Crippen LogP contribution >= 0.6 is 23.2 Å². The van der Waals surface area contributed by atoms with Gasteiger partial charge in [0.05, 0.1) is 11.2 Å². The van der Waals surface area contributed by atoms with Gasteiger partial charge in [0, 0.05) is 17.6 Å². The summed E-state index contributed by atoms with van der Waals surface area (Å²) in [7, 11) is 1.72. The maximum Gasteiger partial charge on any atom is 0.0555 e. The maximum absolute atomic E-state index is 5.86. The first-order valence-corrected chi connectivity index (χ1v) is 4.14. The molecule has 2 nitrogen and oxygen atoms in total. The highest BCUT2D eigenvalue weighted by Gasteiger charge is 1.96. The number of halogens is 2. The normalized spacial score (nSPS) is 10.6. The second-order valence-electron chi connectivity index (χ2n) is 2.15. The minimum absolute atomic E-state index is 0.599. The Balaban J connectivity index is 2.94. The van der Waals surface area contributed by atoms with E-state index in [1.807, 2.05) is 6.07 Å². The van der Waals surface area contributed by atoms with E-state index in [0.29, 0.717) is 10.0 Å². The van der Waals surface area contributed by atoms with Crippen molar-refractivity contribution in [2.45, 2.75) is 0 Å². The van der Waals surface area contributed by atoms with Gasteiger partial charge in [-0.25, -0.2) is 0 Å². The lowest BCUT2D eigenvalue weighted by molar-refractivity contribution is 0.908. The van der Waals surface area contributed by atoms with Crippen LogP contribution in [0.4, 0.5) is 0 Å². The van der Waals surface area contributed by atoms with Crippen LogP contribution in [0.5, 0.6) is 0 Å². The summed E-state index contributed by atoms with van der Waals surface area (Å²) in [6, 6.07) is 5.26. The fourth-order valence-electron chi connectivity index (χ4n) is 0.740. The largest absolute Gasteiger partial charge is 0.313 e. The van der Waals surface area contributed by atoms with Crippen LogP contribution in [0, 0.1) is 0 Å². The topological polar surface area (TPSA) is 24.4 Å². The number of benzene rings is 1. The lowest BCUT2D eigenvalue weighted by atomic mass is 10.2. The summed E-state index contributed by atoms with van der Waals surface area (Å²) in [6.45, 7) is 0. The number of hydrazone groups is 1. The quantitative estimate of drug-likeness (QED) is 0.579. The Morgan fingerprint density at radius 2 is 2.17 bits per heavy atom. The second kappa shape index (κ2) is 4.33. The van der Waals surface area contributed by atoms with E-state index in [0.717, 1.165) is 5.56 Å². The Labute approximate surface area is 81.2 Å². The van der Waals surface area contributed by atoms with Crippen LogP contribution in [0.25, 0.3) is 0 Å². The van der Waals surface area contributed by atoms with Crippen LogP contribution in [0.15, 0.2) is 23.3 Å². The highest BCUT2D eigenvalue weighted by atomic mass is 35.5. The Morgan fingerprint density at radius 3 is 2.75 bits per heavy atom. The van der Waals surface area contributed by atoms with Crippen molar-refractivity contribution in [3.8, 4) is 0 Å². The monoisotopic (exact) mass is 202 g/mol. The number of hydrogen-bond donors (Lipinski definition) is 1. The molecule has 4 heteroatoms. The third-order valence-electron chi connectivity index (χ3n) is 1.30. The van der Waals surface area contributed by atoms with E-state index in [2.05, 4.69) is 10.5 Å². The fourth-order valence-corrected chi connectivity index (χ4v) is 1.20. The van der Waals surface area contributed by atoms with Crippen molar-refractivity contribution in [1.82, 2.24) is 5.43 Å². The summed E-state index contributed by atoms with van der Waals surface area (Å²) in [5.41, 5.74) is 3.48. The zero-order valence-corrected chi connectivity index (χ0v) is 8.02. The molecule has 0 saturated heterocycles. The van der Waals surface area contributed by atoms with Crippen LogP contribution in [-0.4, -0.2) is 13.3 Å². The average Bonchev–Trinajstić information content (AvgIpc) is 2.03. The van der Waals surface area contributed by atoms with Gasteiger partial charge in [0.2, 0.25) is 0 Å². The van der Waals surface area contributed by atoms with Gasteiger partial charge in [0.25, 0.3) is 0 Å². The van der Waals surface area contributed by atoms with Crippen molar-refractivity contribution in [2.24, 2.45) is 5.10 Å². The van der Waals surface area contributed by atoms with E-state index in [1.54, 1.807) is 25.4 Å². The first kappa shape index (κ1) is 9.36. The minimum atomic E-state index is 0.599. The Kier molecular flexibility index (Phi) is 3.38. The minimum Gasteiger partial charge on any atom is -0.313 e. The van der Waals surface area contributed by atoms with E-state index in [4.69, 9.17) is 23.2 Å². The molecule has 1 rings (SSSR count).